The first kappa shape index (κ1) is 10.7. The van der Waals surface area contributed by atoms with E-state index in [4.69, 9.17) is 0 Å². The molecule has 1 nitrogen and oxygen atoms in total. The summed E-state index contributed by atoms with van der Waals surface area (Å²) in [6, 6.07) is 0. The summed E-state index contributed by atoms with van der Waals surface area (Å²) in [5.41, 5.74) is 1.52. The van der Waals surface area contributed by atoms with Gasteiger partial charge < -0.3 is 4.90 Å². The second-order valence-electron chi connectivity index (χ2n) is 3.40. The van der Waals surface area contributed by atoms with E-state index in [9.17, 15) is 0 Å². The van der Waals surface area contributed by atoms with E-state index in [0.717, 1.165) is 0 Å². The number of unbranched alkanes of at least 4 members (excludes halogenated alkanes) is 1. The van der Waals surface area contributed by atoms with Crippen molar-refractivity contribution in [2.24, 2.45) is 0 Å². The summed E-state index contributed by atoms with van der Waals surface area (Å²) >= 11 is 0. The van der Waals surface area contributed by atoms with Crippen molar-refractivity contribution in [3.05, 3.63) is 11.6 Å². The van der Waals surface area contributed by atoms with Gasteiger partial charge in [-0.1, -0.05) is 11.6 Å². The quantitative estimate of drug-likeness (QED) is 0.436. The minimum absolute atomic E-state index is 1.22. The van der Waals surface area contributed by atoms with Gasteiger partial charge in [0, 0.05) is 0 Å². The second-order valence-corrected chi connectivity index (χ2v) is 3.40. The van der Waals surface area contributed by atoms with Gasteiger partial charge >= 0.3 is 0 Å². The van der Waals surface area contributed by atoms with Crippen LogP contribution in [0, 0.1) is 0 Å². The van der Waals surface area contributed by atoms with Gasteiger partial charge in [0.15, 0.2) is 0 Å². The minimum Gasteiger partial charge on any atom is -0.309 e. The van der Waals surface area contributed by atoms with Crippen LogP contribution in [-0.2, 0) is 0 Å². The molecule has 0 aromatic rings. The van der Waals surface area contributed by atoms with Crippen LogP contribution in [0.1, 0.15) is 33.1 Å². The summed E-state index contributed by atoms with van der Waals surface area (Å²) < 4.78 is 0. The van der Waals surface area contributed by atoms with Gasteiger partial charge in [-0.05, 0) is 53.8 Å². The van der Waals surface area contributed by atoms with Crippen LogP contribution in [0.5, 0.6) is 0 Å². The van der Waals surface area contributed by atoms with E-state index >= 15 is 0 Å². The molecular weight excluding hydrogens is 134 g/mol. The molecule has 66 valence electrons. The van der Waals surface area contributed by atoms with E-state index in [1.54, 1.807) is 0 Å². The molecule has 0 radical (unpaired) electrons. The summed E-state index contributed by atoms with van der Waals surface area (Å²) in [6.45, 7) is 5.54. The normalized spacial score (nSPS) is 12.6. The van der Waals surface area contributed by atoms with Crippen LogP contribution in [-0.4, -0.2) is 25.5 Å². The van der Waals surface area contributed by atoms with Gasteiger partial charge in [0.2, 0.25) is 0 Å². The Balaban J connectivity index is 3.15. The molecule has 0 N–H and O–H groups in total. The third-order valence-corrected chi connectivity index (χ3v) is 1.92. The van der Waals surface area contributed by atoms with Gasteiger partial charge in [-0.2, -0.15) is 0 Å². The van der Waals surface area contributed by atoms with Crippen molar-refractivity contribution in [1.29, 1.82) is 0 Å². The molecule has 11 heavy (non-hydrogen) atoms. The molecule has 0 aliphatic heterocycles. The second kappa shape index (κ2) is 6.41. The molecule has 0 amide bonds. The maximum absolute atomic E-state index is 2.24. The smallest absolute Gasteiger partial charge is 0.00247 e. The predicted octanol–water partition coefficient (Wildman–Crippen LogP) is 2.68. The lowest BCUT2D eigenvalue weighted by molar-refractivity contribution is 0.394. The van der Waals surface area contributed by atoms with Crippen LogP contribution in [0.15, 0.2) is 11.6 Å². The fraction of sp³-hybridized carbons (Fsp3) is 0.800. The number of rotatable bonds is 5. The third-order valence-electron chi connectivity index (χ3n) is 1.92. The van der Waals surface area contributed by atoms with Crippen molar-refractivity contribution in [2.75, 3.05) is 20.6 Å². The molecular formula is C10H21N. The maximum Gasteiger partial charge on any atom is -0.00247 e. The molecule has 0 atom stereocenters. The first-order valence-corrected chi connectivity index (χ1v) is 4.43. The molecule has 0 aliphatic carbocycles. The number of allylic oxidation sites excluding steroid dienone is 2. The average Bonchev–Trinajstić information content (AvgIpc) is 1.97. The van der Waals surface area contributed by atoms with Gasteiger partial charge in [-0.3, -0.25) is 0 Å². The van der Waals surface area contributed by atoms with E-state index < -0.39 is 0 Å². The molecule has 0 unspecified atom stereocenters. The molecule has 0 aromatic carbocycles. The van der Waals surface area contributed by atoms with Crippen molar-refractivity contribution < 1.29 is 0 Å². The molecule has 0 spiro atoms. The fourth-order valence-electron chi connectivity index (χ4n) is 0.976. The van der Waals surface area contributed by atoms with Crippen molar-refractivity contribution in [3.63, 3.8) is 0 Å². The molecule has 1 heteroatoms. The van der Waals surface area contributed by atoms with Crippen molar-refractivity contribution in [2.45, 2.75) is 33.1 Å². The molecule has 0 aliphatic rings. The zero-order valence-corrected chi connectivity index (χ0v) is 8.35. The molecule has 0 saturated heterocycles. The molecule has 0 rings (SSSR count). The molecule has 0 aromatic heterocycles. The maximum atomic E-state index is 2.24. The lowest BCUT2D eigenvalue weighted by Crippen LogP contribution is -2.12. The predicted molar refractivity (Wildman–Crippen MR) is 51.8 cm³/mol. The summed E-state index contributed by atoms with van der Waals surface area (Å²) in [7, 11) is 4.25. The van der Waals surface area contributed by atoms with Crippen LogP contribution >= 0.6 is 0 Å². The summed E-state index contributed by atoms with van der Waals surface area (Å²) in [5.74, 6) is 0. The minimum atomic E-state index is 1.22. The SMILES string of the molecule is C/C=C(\C)CCCCN(C)C. The Morgan fingerprint density at radius 2 is 1.91 bits per heavy atom. The Kier molecular flexibility index (Phi) is 6.24. The van der Waals surface area contributed by atoms with Crippen molar-refractivity contribution in [1.82, 2.24) is 4.90 Å². The Hall–Kier alpha value is -0.300. The van der Waals surface area contributed by atoms with Gasteiger partial charge in [-0.25, -0.2) is 0 Å². The Bertz CT molecular complexity index is 114. The molecule has 0 fully saturated rings. The highest BCUT2D eigenvalue weighted by molar-refractivity contribution is 4.94. The monoisotopic (exact) mass is 155 g/mol. The van der Waals surface area contributed by atoms with Gasteiger partial charge in [0.05, 0.1) is 0 Å². The first-order valence-electron chi connectivity index (χ1n) is 4.43. The highest BCUT2D eigenvalue weighted by Gasteiger charge is 1.91. The topological polar surface area (TPSA) is 3.24 Å². The molecule has 0 saturated carbocycles. The van der Waals surface area contributed by atoms with Gasteiger partial charge in [0.1, 0.15) is 0 Å². The highest BCUT2D eigenvalue weighted by atomic mass is 15.0. The zero-order valence-electron chi connectivity index (χ0n) is 8.35. The fourth-order valence-corrected chi connectivity index (χ4v) is 0.976. The van der Waals surface area contributed by atoms with Crippen LogP contribution in [0.4, 0.5) is 0 Å². The summed E-state index contributed by atoms with van der Waals surface area (Å²) in [4.78, 5) is 2.24. The van der Waals surface area contributed by atoms with Crippen molar-refractivity contribution >= 4 is 0 Å². The first-order chi connectivity index (χ1) is 5.16. The standard InChI is InChI=1S/C10H21N/c1-5-10(2)8-6-7-9-11(3)4/h5H,6-9H2,1-4H3/b10-5+. The lowest BCUT2D eigenvalue weighted by Gasteiger charge is -2.08. The molecule has 0 bridgehead atoms. The Labute approximate surface area is 71.1 Å². The Morgan fingerprint density at radius 1 is 1.27 bits per heavy atom. The molecule has 0 heterocycles. The zero-order chi connectivity index (χ0) is 8.69. The largest absolute Gasteiger partial charge is 0.309 e. The Morgan fingerprint density at radius 3 is 2.36 bits per heavy atom. The third kappa shape index (κ3) is 7.60. The number of hydrogen-bond donors (Lipinski definition) is 0. The summed E-state index contributed by atoms with van der Waals surface area (Å²) in [6.07, 6.45) is 6.12. The van der Waals surface area contributed by atoms with Crippen LogP contribution in [0.3, 0.4) is 0 Å². The van der Waals surface area contributed by atoms with Crippen LogP contribution in [0.2, 0.25) is 0 Å². The van der Waals surface area contributed by atoms with Gasteiger partial charge in [-0.15, -0.1) is 0 Å². The van der Waals surface area contributed by atoms with Crippen LogP contribution < -0.4 is 0 Å². The number of nitrogens with zero attached hydrogens (tertiary/aromatic N) is 1. The van der Waals surface area contributed by atoms with Crippen molar-refractivity contribution in [3.8, 4) is 0 Å². The van der Waals surface area contributed by atoms with E-state index in [0.29, 0.717) is 0 Å². The summed E-state index contributed by atoms with van der Waals surface area (Å²) in [5, 5.41) is 0. The van der Waals surface area contributed by atoms with E-state index in [2.05, 4.69) is 38.9 Å². The average molecular weight is 155 g/mol. The van der Waals surface area contributed by atoms with E-state index in [-0.39, 0.29) is 0 Å². The van der Waals surface area contributed by atoms with E-state index in [1.807, 2.05) is 0 Å². The van der Waals surface area contributed by atoms with Crippen LogP contribution in [0.25, 0.3) is 0 Å². The highest BCUT2D eigenvalue weighted by Crippen LogP contribution is 2.05. The van der Waals surface area contributed by atoms with Gasteiger partial charge in [0.25, 0.3) is 0 Å². The number of hydrogen-bond acceptors (Lipinski definition) is 1. The van der Waals surface area contributed by atoms with E-state index in [1.165, 1.54) is 31.4 Å². The lowest BCUT2D eigenvalue weighted by atomic mass is 10.1.